The molecule has 106 valence electrons. The third-order valence-electron chi connectivity index (χ3n) is 3.87. The molecule has 1 atom stereocenters. The molecular weight excluding hydrogens is 245 g/mol. The first-order valence-electron chi connectivity index (χ1n) is 7.63. The fourth-order valence-electron chi connectivity index (χ4n) is 2.95. The summed E-state index contributed by atoms with van der Waals surface area (Å²) < 4.78 is 0. The Hall–Kier alpha value is -1.47. The van der Waals surface area contributed by atoms with E-state index < -0.39 is 0 Å². The molecule has 0 aromatic heterocycles. The first kappa shape index (κ1) is 14.9. The monoisotopic (exact) mass is 269 g/mol. The Bertz CT molecular complexity index is 493. The van der Waals surface area contributed by atoms with Gasteiger partial charge >= 0.3 is 0 Å². The van der Waals surface area contributed by atoms with Crippen molar-refractivity contribution in [1.29, 1.82) is 5.26 Å². The van der Waals surface area contributed by atoms with Crippen molar-refractivity contribution in [1.82, 2.24) is 0 Å². The van der Waals surface area contributed by atoms with Gasteiger partial charge in [-0.05, 0) is 54.8 Å². The lowest BCUT2D eigenvalue weighted by atomic mass is 9.61. The summed E-state index contributed by atoms with van der Waals surface area (Å²) in [4.78, 5) is 2.33. The zero-order valence-corrected chi connectivity index (χ0v) is 12.6. The Morgan fingerprint density at radius 1 is 1.35 bits per heavy atom. The Morgan fingerprint density at radius 3 is 2.80 bits per heavy atom. The number of anilines is 2. The van der Waals surface area contributed by atoms with Crippen LogP contribution in [0.1, 0.15) is 32.3 Å². The van der Waals surface area contributed by atoms with Gasteiger partial charge < -0.3 is 10.6 Å². The quantitative estimate of drug-likeness (QED) is 0.583. The third kappa shape index (κ3) is 3.77. The van der Waals surface area contributed by atoms with Crippen LogP contribution in [0.25, 0.3) is 0 Å². The maximum Gasteiger partial charge on any atom is 0.253 e. The third-order valence-corrected chi connectivity index (χ3v) is 3.87. The number of fused-ring (bicyclic) bond motifs is 1. The Balaban J connectivity index is 1.94. The normalized spacial score (nSPS) is 13.8. The smallest absolute Gasteiger partial charge is 0.253 e. The van der Waals surface area contributed by atoms with Gasteiger partial charge in [-0.2, -0.15) is 0 Å². The van der Waals surface area contributed by atoms with Crippen molar-refractivity contribution >= 4 is 18.7 Å². The summed E-state index contributed by atoms with van der Waals surface area (Å²) in [5.41, 5.74) is 9.63. The van der Waals surface area contributed by atoms with Crippen LogP contribution < -0.4 is 10.6 Å². The van der Waals surface area contributed by atoms with E-state index in [0.717, 1.165) is 32.4 Å². The van der Waals surface area contributed by atoms with Crippen molar-refractivity contribution in [2.45, 2.75) is 38.9 Å². The van der Waals surface area contributed by atoms with Gasteiger partial charge in [0.15, 0.2) is 0 Å². The summed E-state index contributed by atoms with van der Waals surface area (Å²) in [5.74, 6) is 3.47. The molecule has 4 heteroatoms. The van der Waals surface area contributed by atoms with E-state index in [-0.39, 0.29) is 0 Å². The molecule has 1 aliphatic rings. The molecule has 1 aliphatic heterocycles. The summed E-state index contributed by atoms with van der Waals surface area (Å²) in [6, 6.07) is 6.71. The molecule has 0 amide bonds. The van der Waals surface area contributed by atoms with Crippen molar-refractivity contribution in [3.8, 4) is 5.97 Å². The molecule has 0 bridgehead atoms. The topological polar surface area (TPSA) is 52.8 Å². The van der Waals surface area contributed by atoms with Crippen molar-refractivity contribution in [2.75, 3.05) is 18.0 Å². The van der Waals surface area contributed by atoms with Crippen LogP contribution in [0.5, 0.6) is 0 Å². The maximum atomic E-state index is 8.96. The van der Waals surface area contributed by atoms with Gasteiger partial charge in [-0.15, -0.1) is 0 Å². The van der Waals surface area contributed by atoms with Crippen molar-refractivity contribution in [3.63, 3.8) is 0 Å². The Morgan fingerprint density at radius 2 is 2.15 bits per heavy atom. The van der Waals surface area contributed by atoms with Gasteiger partial charge in [0.25, 0.3) is 7.28 Å². The van der Waals surface area contributed by atoms with Gasteiger partial charge in [-0.25, -0.2) is 5.26 Å². The molecule has 0 spiro atoms. The summed E-state index contributed by atoms with van der Waals surface area (Å²) >= 11 is 0. The minimum absolute atomic E-state index is 0.481. The standard InChI is InChI=1S/C16H24BN3/c1-12(2)8-14(17-11-19)9-13-4-5-15-16(10-13)20(15)7-3-6-18/h4-5,10,12,14,17H,3,6-9,18H2,1-2H3. The zero-order chi connectivity index (χ0) is 14.5. The highest BCUT2D eigenvalue weighted by molar-refractivity contribution is 6.46. The second-order valence-corrected chi connectivity index (χ2v) is 6.18. The van der Waals surface area contributed by atoms with Crippen LogP contribution in [-0.4, -0.2) is 20.4 Å². The van der Waals surface area contributed by atoms with Crippen LogP contribution in [0.2, 0.25) is 5.82 Å². The van der Waals surface area contributed by atoms with E-state index in [9.17, 15) is 0 Å². The molecule has 1 aromatic carbocycles. The maximum absolute atomic E-state index is 8.96. The van der Waals surface area contributed by atoms with Gasteiger partial charge in [-0.1, -0.05) is 26.3 Å². The molecule has 0 saturated carbocycles. The van der Waals surface area contributed by atoms with Crippen LogP contribution in [0, 0.1) is 17.1 Å². The predicted octanol–water partition coefficient (Wildman–Crippen LogP) is 2.78. The van der Waals surface area contributed by atoms with Crippen molar-refractivity contribution < 1.29 is 0 Å². The molecular formula is C16H24BN3. The molecule has 20 heavy (non-hydrogen) atoms. The number of benzene rings is 1. The van der Waals surface area contributed by atoms with Gasteiger partial charge in [0.05, 0.1) is 11.4 Å². The van der Waals surface area contributed by atoms with Crippen LogP contribution in [0.15, 0.2) is 18.2 Å². The summed E-state index contributed by atoms with van der Waals surface area (Å²) in [6.07, 6.45) is 3.18. The van der Waals surface area contributed by atoms with E-state index >= 15 is 0 Å². The molecule has 3 nitrogen and oxygen atoms in total. The van der Waals surface area contributed by atoms with Gasteiger partial charge in [0, 0.05) is 6.54 Å². The average Bonchev–Trinajstić information content (AvgIpc) is 3.08. The van der Waals surface area contributed by atoms with Crippen molar-refractivity contribution in [3.05, 3.63) is 23.8 Å². The number of hydrogen-bond acceptors (Lipinski definition) is 3. The average molecular weight is 269 g/mol. The molecule has 1 unspecified atom stereocenters. The lowest BCUT2D eigenvalue weighted by molar-refractivity contribution is 0.554. The fourth-order valence-corrected chi connectivity index (χ4v) is 2.95. The summed E-state index contributed by atoms with van der Waals surface area (Å²) in [5, 5.41) is 8.96. The van der Waals surface area contributed by atoms with E-state index in [1.165, 1.54) is 16.9 Å². The Labute approximate surface area is 123 Å². The first-order chi connectivity index (χ1) is 9.65. The number of hydrogen-bond donors (Lipinski definition) is 1. The lowest BCUT2D eigenvalue weighted by Crippen LogP contribution is -2.09. The number of nitrogens with zero attached hydrogens (tertiary/aromatic N) is 2. The van der Waals surface area contributed by atoms with Crippen LogP contribution in [0.4, 0.5) is 11.4 Å². The van der Waals surface area contributed by atoms with Gasteiger partial charge in [0.2, 0.25) is 0 Å². The fraction of sp³-hybridized carbons (Fsp3) is 0.562. The van der Waals surface area contributed by atoms with E-state index in [2.05, 4.69) is 42.9 Å². The Kier molecular flexibility index (Phi) is 5.08. The van der Waals surface area contributed by atoms with E-state index in [1.54, 1.807) is 0 Å². The number of nitriles is 1. The van der Waals surface area contributed by atoms with Crippen molar-refractivity contribution in [2.24, 2.45) is 11.7 Å². The zero-order valence-electron chi connectivity index (χ0n) is 12.6. The van der Waals surface area contributed by atoms with Gasteiger partial charge in [0.1, 0.15) is 0 Å². The predicted molar refractivity (Wildman–Crippen MR) is 86.8 cm³/mol. The second-order valence-electron chi connectivity index (χ2n) is 6.18. The van der Waals surface area contributed by atoms with Gasteiger partial charge in [-0.3, -0.25) is 0 Å². The first-order valence-corrected chi connectivity index (χ1v) is 7.63. The minimum atomic E-state index is 0.481. The van der Waals surface area contributed by atoms with Crippen LogP contribution in [-0.2, 0) is 6.42 Å². The highest BCUT2D eigenvalue weighted by atomic mass is 15.3. The highest BCUT2D eigenvalue weighted by Crippen LogP contribution is 2.48. The largest absolute Gasteiger partial charge is 0.338 e. The number of rotatable bonds is 8. The molecule has 2 rings (SSSR count). The number of nitrogens with two attached hydrogens (primary N) is 1. The van der Waals surface area contributed by atoms with Crippen LogP contribution >= 0.6 is 0 Å². The lowest BCUT2D eigenvalue weighted by Gasteiger charge is -2.14. The van der Waals surface area contributed by atoms with E-state index in [1.807, 2.05) is 0 Å². The second kappa shape index (κ2) is 6.81. The molecule has 1 heterocycles. The molecule has 2 N–H and O–H groups in total. The molecule has 0 radical (unpaired) electrons. The van der Waals surface area contributed by atoms with Crippen LogP contribution in [0.3, 0.4) is 0 Å². The summed E-state index contributed by atoms with van der Waals surface area (Å²) in [6.45, 7) is 6.23. The molecule has 1 aromatic rings. The minimum Gasteiger partial charge on any atom is -0.338 e. The molecule has 0 aliphatic carbocycles. The highest BCUT2D eigenvalue weighted by Gasteiger charge is 2.28. The van der Waals surface area contributed by atoms with E-state index in [0.29, 0.717) is 19.0 Å². The SMILES string of the molecule is CC(C)CC(BC#N)Cc1ccc2c(c1)N2CCCN. The van der Waals surface area contributed by atoms with E-state index in [4.69, 9.17) is 11.0 Å². The molecule has 0 saturated heterocycles. The molecule has 0 fully saturated rings. The summed E-state index contributed by atoms with van der Waals surface area (Å²) in [7, 11) is 0.659.